The summed E-state index contributed by atoms with van der Waals surface area (Å²) >= 11 is 0. The third-order valence-electron chi connectivity index (χ3n) is 3.34. The molecule has 1 heterocycles. The molecule has 3 nitrogen and oxygen atoms in total. The Morgan fingerprint density at radius 1 is 1.05 bits per heavy atom. The molecule has 1 aromatic heterocycles. The zero-order chi connectivity index (χ0) is 14.1. The van der Waals surface area contributed by atoms with Crippen LogP contribution < -0.4 is 4.74 Å². The number of aryl methyl sites for hydroxylation is 2. The zero-order valence-electron chi connectivity index (χ0n) is 12.0. The number of ether oxygens (including phenoxy) is 1. The first-order chi connectivity index (χ1) is 9.61. The first-order valence-electron chi connectivity index (χ1n) is 6.81. The van der Waals surface area contributed by atoms with Crippen LogP contribution >= 0.6 is 0 Å². The third-order valence-corrected chi connectivity index (χ3v) is 3.34. The zero-order valence-corrected chi connectivity index (χ0v) is 12.0. The van der Waals surface area contributed by atoms with E-state index in [0.717, 1.165) is 22.6 Å². The van der Waals surface area contributed by atoms with E-state index < -0.39 is 0 Å². The van der Waals surface area contributed by atoms with Crippen LogP contribution in [0.2, 0.25) is 0 Å². The second kappa shape index (κ2) is 5.00. The molecule has 3 heteroatoms. The molecule has 1 atom stereocenters. The van der Waals surface area contributed by atoms with Gasteiger partial charge in [0.15, 0.2) is 6.10 Å². The average molecular weight is 266 g/mol. The highest BCUT2D eigenvalue weighted by atomic mass is 16.5. The van der Waals surface area contributed by atoms with Gasteiger partial charge in [-0.3, -0.25) is 0 Å². The smallest absolute Gasteiger partial charge is 0.153 e. The summed E-state index contributed by atoms with van der Waals surface area (Å²) in [5.41, 5.74) is 4.44. The Morgan fingerprint density at radius 3 is 2.65 bits per heavy atom. The van der Waals surface area contributed by atoms with Crippen LogP contribution in [0.4, 0.5) is 0 Å². The van der Waals surface area contributed by atoms with Gasteiger partial charge in [0.1, 0.15) is 11.6 Å². The topological polar surface area (TPSA) is 37.9 Å². The number of H-pyrrole nitrogens is 1. The van der Waals surface area contributed by atoms with Crippen LogP contribution in [0.5, 0.6) is 5.75 Å². The van der Waals surface area contributed by atoms with Crippen LogP contribution in [-0.4, -0.2) is 9.97 Å². The van der Waals surface area contributed by atoms with Gasteiger partial charge in [-0.25, -0.2) is 4.98 Å². The minimum absolute atomic E-state index is 0.107. The molecular weight excluding hydrogens is 248 g/mol. The van der Waals surface area contributed by atoms with Gasteiger partial charge in [0, 0.05) is 0 Å². The number of nitrogens with zero attached hydrogens (tertiary/aromatic N) is 1. The van der Waals surface area contributed by atoms with Crippen LogP contribution in [0, 0.1) is 13.8 Å². The monoisotopic (exact) mass is 266 g/mol. The van der Waals surface area contributed by atoms with E-state index >= 15 is 0 Å². The Kier molecular flexibility index (Phi) is 3.18. The maximum absolute atomic E-state index is 5.95. The molecule has 0 aliphatic carbocycles. The van der Waals surface area contributed by atoms with Gasteiger partial charge in [-0.2, -0.15) is 0 Å². The summed E-state index contributed by atoms with van der Waals surface area (Å²) in [5, 5.41) is 0. The van der Waals surface area contributed by atoms with Crippen molar-refractivity contribution in [3.05, 3.63) is 59.4 Å². The number of hydrogen-bond donors (Lipinski definition) is 1. The number of fused-ring (bicyclic) bond motifs is 1. The van der Waals surface area contributed by atoms with Crippen molar-refractivity contribution in [3.8, 4) is 5.75 Å². The molecule has 0 bridgehead atoms. The molecule has 1 N–H and O–H groups in total. The van der Waals surface area contributed by atoms with Crippen molar-refractivity contribution in [2.24, 2.45) is 0 Å². The molecule has 3 aromatic rings. The Bertz CT molecular complexity index is 746. The van der Waals surface area contributed by atoms with E-state index in [1.165, 1.54) is 11.1 Å². The first-order valence-corrected chi connectivity index (χ1v) is 6.81. The first kappa shape index (κ1) is 12.7. The molecular formula is C17H18N2O. The lowest BCUT2D eigenvalue weighted by Crippen LogP contribution is -2.05. The standard InChI is InChI=1S/C17H18N2O/c1-11-5-4-6-14(9-11)20-13(3)17-18-15-8-7-12(2)10-16(15)19-17/h4-10,13H,1-3H3,(H,18,19). The SMILES string of the molecule is Cc1cccc(OC(C)c2nc3ccc(C)cc3[nH]2)c1. The van der Waals surface area contributed by atoms with Gasteiger partial charge in [0.2, 0.25) is 0 Å². The van der Waals surface area contributed by atoms with Crippen molar-refractivity contribution < 1.29 is 4.74 Å². The molecule has 2 aromatic carbocycles. The third kappa shape index (κ3) is 2.52. The lowest BCUT2D eigenvalue weighted by Gasteiger charge is -2.12. The van der Waals surface area contributed by atoms with Crippen LogP contribution in [0.1, 0.15) is 30.0 Å². The minimum atomic E-state index is -0.107. The summed E-state index contributed by atoms with van der Waals surface area (Å²) in [6.45, 7) is 6.14. The van der Waals surface area contributed by atoms with E-state index in [2.05, 4.69) is 42.0 Å². The van der Waals surface area contributed by atoms with Crippen LogP contribution in [0.3, 0.4) is 0 Å². The predicted octanol–water partition coefficient (Wildman–Crippen LogP) is 4.32. The lowest BCUT2D eigenvalue weighted by molar-refractivity contribution is 0.218. The molecule has 0 spiro atoms. The van der Waals surface area contributed by atoms with Crippen molar-refractivity contribution in [2.45, 2.75) is 26.9 Å². The molecule has 0 saturated heterocycles. The minimum Gasteiger partial charge on any atom is -0.483 e. The quantitative estimate of drug-likeness (QED) is 0.766. The Balaban J connectivity index is 1.86. The number of aromatic nitrogens is 2. The Morgan fingerprint density at radius 2 is 1.85 bits per heavy atom. The van der Waals surface area contributed by atoms with E-state index in [1.54, 1.807) is 0 Å². The summed E-state index contributed by atoms with van der Waals surface area (Å²) in [5.74, 6) is 1.72. The maximum atomic E-state index is 5.95. The summed E-state index contributed by atoms with van der Waals surface area (Å²) in [4.78, 5) is 7.93. The maximum Gasteiger partial charge on any atom is 0.153 e. The fraction of sp³-hybridized carbons (Fsp3) is 0.235. The highest BCUT2D eigenvalue weighted by molar-refractivity contribution is 5.75. The number of benzene rings is 2. The predicted molar refractivity (Wildman–Crippen MR) is 81.1 cm³/mol. The number of imidazole rings is 1. The molecule has 3 rings (SSSR count). The van der Waals surface area contributed by atoms with E-state index in [9.17, 15) is 0 Å². The molecule has 0 radical (unpaired) electrons. The van der Waals surface area contributed by atoms with Gasteiger partial charge in [-0.1, -0.05) is 18.2 Å². The van der Waals surface area contributed by atoms with Crippen LogP contribution in [0.25, 0.3) is 11.0 Å². The average Bonchev–Trinajstić information content (AvgIpc) is 2.81. The molecule has 0 aliphatic heterocycles. The second-order valence-corrected chi connectivity index (χ2v) is 5.22. The number of nitrogens with one attached hydrogen (secondary N) is 1. The van der Waals surface area contributed by atoms with Gasteiger partial charge in [0.05, 0.1) is 11.0 Å². The fourth-order valence-corrected chi connectivity index (χ4v) is 2.28. The molecule has 0 saturated carbocycles. The number of rotatable bonds is 3. The van der Waals surface area contributed by atoms with Gasteiger partial charge in [0.25, 0.3) is 0 Å². The van der Waals surface area contributed by atoms with Crippen molar-refractivity contribution in [1.29, 1.82) is 0 Å². The highest BCUT2D eigenvalue weighted by Crippen LogP contribution is 2.23. The Labute approximate surface area is 118 Å². The second-order valence-electron chi connectivity index (χ2n) is 5.22. The number of hydrogen-bond acceptors (Lipinski definition) is 2. The normalized spacial score (nSPS) is 12.6. The molecule has 20 heavy (non-hydrogen) atoms. The van der Waals surface area contributed by atoms with E-state index in [-0.39, 0.29) is 6.10 Å². The van der Waals surface area contributed by atoms with Gasteiger partial charge in [-0.05, 0) is 56.2 Å². The van der Waals surface area contributed by atoms with Crippen LogP contribution in [0.15, 0.2) is 42.5 Å². The van der Waals surface area contributed by atoms with Crippen molar-refractivity contribution >= 4 is 11.0 Å². The summed E-state index contributed by atoms with van der Waals surface area (Å²) in [6.07, 6.45) is -0.107. The number of aromatic amines is 1. The molecule has 102 valence electrons. The van der Waals surface area contributed by atoms with Gasteiger partial charge in [-0.15, -0.1) is 0 Å². The van der Waals surface area contributed by atoms with Crippen molar-refractivity contribution in [3.63, 3.8) is 0 Å². The molecule has 0 aliphatic rings. The van der Waals surface area contributed by atoms with Crippen LogP contribution in [-0.2, 0) is 0 Å². The fourth-order valence-electron chi connectivity index (χ4n) is 2.28. The van der Waals surface area contributed by atoms with Gasteiger partial charge >= 0.3 is 0 Å². The highest BCUT2D eigenvalue weighted by Gasteiger charge is 2.12. The molecule has 0 fully saturated rings. The molecule has 0 amide bonds. The van der Waals surface area contributed by atoms with E-state index in [0.29, 0.717) is 0 Å². The van der Waals surface area contributed by atoms with E-state index in [1.807, 2.05) is 31.2 Å². The summed E-state index contributed by atoms with van der Waals surface area (Å²) in [6, 6.07) is 14.3. The summed E-state index contributed by atoms with van der Waals surface area (Å²) in [7, 11) is 0. The van der Waals surface area contributed by atoms with Gasteiger partial charge < -0.3 is 9.72 Å². The lowest BCUT2D eigenvalue weighted by atomic mass is 10.2. The Hall–Kier alpha value is -2.29. The summed E-state index contributed by atoms with van der Waals surface area (Å²) < 4.78 is 5.95. The van der Waals surface area contributed by atoms with E-state index in [4.69, 9.17) is 4.74 Å². The molecule has 1 unspecified atom stereocenters. The largest absolute Gasteiger partial charge is 0.483 e. The van der Waals surface area contributed by atoms with Crippen molar-refractivity contribution in [2.75, 3.05) is 0 Å². The van der Waals surface area contributed by atoms with Crippen molar-refractivity contribution in [1.82, 2.24) is 9.97 Å².